The standard InChI is InChI=1S/C8H14N2S/c1-3-8-10-6(2)7(11-8)4-5-9/h3-5,9H2,1-2H3. The second kappa shape index (κ2) is 3.83. The quantitative estimate of drug-likeness (QED) is 0.747. The van der Waals surface area contributed by atoms with Gasteiger partial charge in [0, 0.05) is 4.88 Å². The van der Waals surface area contributed by atoms with Crippen molar-refractivity contribution < 1.29 is 0 Å². The Morgan fingerprint density at radius 2 is 2.27 bits per heavy atom. The van der Waals surface area contributed by atoms with Gasteiger partial charge in [0.15, 0.2) is 0 Å². The zero-order valence-electron chi connectivity index (χ0n) is 7.05. The molecule has 0 amide bonds. The molecule has 0 bridgehead atoms. The van der Waals surface area contributed by atoms with E-state index in [1.54, 1.807) is 11.3 Å². The van der Waals surface area contributed by atoms with Crippen LogP contribution in [-0.2, 0) is 12.8 Å². The molecule has 0 spiro atoms. The molecule has 1 aromatic heterocycles. The molecule has 0 unspecified atom stereocenters. The SMILES string of the molecule is CCc1nc(C)c(CCN)s1. The van der Waals surface area contributed by atoms with Crippen molar-refractivity contribution in [2.75, 3.05) is 6.54 Å². The highest BCUT2D eigenvalue weighted by molar-refractivity contribution is 7.11. The number of thiazole rings is 1. The largest absolute Gasteiger partial charge is 0.330 e. The Kier molecular flexibility index (Phi) is 3.02. The normalized spacial score (nSPS) is 10.5. The first-order chi connectivity index (χ1) is 5.27. The number of rotatable bonds is 3. The van der Waals surface area contributed by atoms with E-state index in [2.05, 4.69) is 18.8 Å². The van der Waals surface area contributed by atoms with Gasteiger partial charge in [0.1, 0.15) is 0 Å². The van der Waals surface area contributed by atoms with Crippen molar-refractivity contribution in [2.24, 2.45) is 5.73 Å². The van der Waals surface area contributed by atoms with Gasteiger partial charge in [-0.05, 0) is 26.3 Å². The number of aromatic nitrogens is 1. The molecule has 62 valence electrons. The first kappa shape index (κ1) is 8.68. The van der Waals surface area contributed by atoms with Crippen LogP contribution in [0.4, 0.5) is 0 Å². The summed E-state index contributed by atoms with van der Waals surface area (Å²) in [4.78, 5) is 5.76. The topological polar surface area (TPSA) is 38.9 Å². The van der Waals surface area contributed by atoms with Crippen LogP contribution in [-0.4, -0.2) is 11.5 Å². The minimum absolute atomic E-state index is 0.728. The van der Waals surface area contributed by atoms with Crippen LogP contribution in [0.2, 0.25) is 0 Å². The summed E-state index contributed by atoms with van der Waals surface area (Å²) in [7, 11) is 0. The van der Waals surface area contributed by atoms with E-state index in [1.165, 1.54) is 9.88 Å². The molecule has 0 aliphatic carbocycles. The fourth-order valence-corrected chi connectivity index (χ4v) is 2.03. The summed E-state index contributed by atoms with van der Waals surface area (Å²) in [6, 6.07) is 0. The predicted octanol–water partition coefficient (Wildman–Crippen LogP) is 1.52. The van der Waals surface area contributed by atoms with E-state index in [9.17, 15) is 0 Å². The first-order valence-electron chi connectivity index (χ1n) is 3.93. The lowest BCUT2D eigenvalue weighted by Crippen LogP contribution is -2.01. The molecule has 0 saturated carbocycles. The van der Waals surface area contributed by atoms with Gasteiger partial charge in [0.05, 0.1) is 10.7 Å². The third kappa shape index (κ3) is 2.01. The van der Waals surface area contributed by atoms with Gasteiger partial charge in [-0.2, -0.15) is 0 Å². The average Bonchev–Trinajstić information content (AvgIpc) is 2.33. The van der Waals surface area contributed by atoms with Gasteiger partial charge in [-0.25, -0.2) is 4.98 Å². The Morgan fingerprint density at radius 1 is 1.55 bits per heavy atom. The maximum Gasteiger partial charge on any atom is 0.0928 e. The number of nitrogens with zero attached hydrogens (tertiary/aromatic N) is 1. The van der Waals surface area contributed by atoms with E-state index < -0.39 is 0 Å². The van der Waals surface area contributed by atoms with Gasteiger partial charge in [0.2, 0.25) is 0 Å². The summed E-state index contributed by atoms with van der Waals surface area (Å²) in [5.41, 5.74) is 6.62. The molecular formula is C8H14N2S. The summed E-state index contributed by atoms with van der Waals surface area (Å²) >= 11 is 1.79. The Balaban J connectivity index is 2.79. The fraction of sp³-hybridized carbons (Fsp3) is 0.625. The molecule has 1 aromatic rings. The van der Waals surface area contributed by atoms with Crippen molar-refractivity contribution in [3.05, 3.63) is 15.6 Å². The number of hydrogen-bond acceptors (Lipinski definition) is 3. The van der Waals surface area contributed by atoms with Crippen molar-refractivity contribution in [3.63, 3.8) is 0 Å². The van der Waals surface area contributed by atoms with E-state index in [-0.39, 0.29) is 0 Å². The van der Waals surface area contributed by atoms with Gasteiger partial charge < -0.3 is 5.73 Å². The molecule has 0 fully saturated rings. The van der Waals surface area contributed by atoms with E-state index in [0.29, 0.717) is 0 Å². The predicted molar refractivity (Wildman–Crippen MR) is 49.0 cm³/mol. The van der Waals surface area contributed by atoms with E-state index in [0.717, 1.165) is 25.1 Å². The Labute approximate surface area is 71.5 Å². The van der Waals surface area contributed by atoms with Crippen LogP contribution < -0.4 is 5.73 Å². The van der Waals surface area contributed by atoms with Crippen LogP contribution in [0.3, 0.4) is 0 Å². The van der Waals surface area contributed by atoms with Crippen molar-refractivity contribution in [1.82, 2.24) is 4.98 Å². The van der Waals surface area contributed by atoms with Crippen LogP contribution in [0.1, 0.15) is 22.5 Å². The van der Waals surface area contributed by atoms with E-state index >= 15 is 0 Å². The van der Waals surface area contributed by atoms with Gasteiger partial charge >= 0.3 is 0 Å². The molecule has 0 aliphatic heterocycles. The number of aryl methyl sites for hydroxylation is 2. The number of nitrogens with two attached hydrogens (primary N) is 1. The van der Waals surface area contributed by atoms with Gasteiger partial charge in [0.25, 0.3) is 0 Å². The highest BCUT2D eigenvalue weighted by Gasteiger charge is 2.03. The summed E-state index contributed by atoms with van der Waals surface area (Å²) in [6.07, 6.45) is 2.01. The van der Waals surface area contributed by atoms with Crippen LogP contribution >= 0.6 is 11.3 Å². The molecule has 2 nitrogen and oxygen atoms in total. The van der Waals surface area contributed by atoms with Gasteiger partial charge in [-0.15, -0.1) is 11.3 Å². The lowest BCUT2D eigenvalue weighted by atomic mass is 10.3. The van der Waals surface area contributed by atoms with Gasteiger partial charge in [-0.3, -0.25) is 0 Å². The van der Waals surface area contributed by atoms with Crippen LogP contribution in [0.15, 0.2) is 0 Å². The van der Waals surface area contributed by atoms with E-state index in [1.807, 2.05) is 0 Å². The zero-order valence-corrected chi connectivity index (χ0v) is 7.87. The monoisotopic (exact) mass is 170 g/mol. The Morgan fingerprint density at radius 3 is 2.73 bits per heavy atom. The van der Waals surface area contributed by atoms with Crippen LogP contribution in [0.25, 0.3) is 0 Å². The highest BCUT2D eigenvalue weighted by atomic mass is 32.1. The molecule has 1 rings (SSSR count). The van der Waals surface area contributed by atoms with Gasteiger partial charge in [-0.1, -0.05) is 6.92 Å². The molecular weight excluding hydrogens is 156 g/mol. The lowest BCUT2D eigenvalue weighted by molar-refractivity contribution is 0.965. The molecule has 0 aromatic carbocycles. The fourth-order valence-electron chi connectivity index (χ4n) is 1.00. The molecule has 11 heavy (non-hydrogen) atoms. The molecule has 0 radical (unpaired) electrons. The molecule has 3 heteroatoms. The summed E-state index contributed by atoms with van der Waals surface area (Å²) in [5, 5.41) is 1.23. The van der Waals surface area contributed by atoms with Crippen molar-refractivity contribution in [2.45, 2.75) is 26.7 Å². The third-order valence-corrected chi connectivity index (χ3v) is 2.97. The summed E-state index contributed by atoms with van der Waals surface area (Å²) < 4.78 is 0. The smallest absolute Gasteiger partial charge is 0.0928 e. The van der Waals surface area contributed by atoms with Crippen LogP contribution in [0.5, 0.6) is 0 Å². The minimum Gasteiger partial charge on any atom is -0.330 e. The molecule has 0 saturated heterocycles. The zero-order chi connectivity index (χ0) is 8.27. The molecule has 0 aliphatic rings. The average molecular weight is 170 g/mol. The molecule has 1 heterocycles. The minimum atomic E-state index is 0.728. The molecule has 0 atom stereocenters. The Hall–Kier alpha value is -0.410. The second-order valence-corrected chi connectivity index (χ2v) is 3.68. The van der Waals surface area contributed by atoms with E-state index in [4.69, 9.17) is 5.73 Å². The maximum absolute atomic E-state index is 5.46. The van der Waals surface area contributed by atoms with Crippen molar-refractivity contribution >= 4 is 11.3 Å². The summed E-state index contributed by atoms with van der Waals surface area (Å²) in [5.74, 6) is 0. The van der Waals surface area contributed by atoms with Crippen molar-refractivity contribution in [3.8, 4) is 0 Å². The molecule has 2 N–H and O–H groups in total. The van der Waals surface area contributed by atoms with Crippen LogP contribution in [0, 0.1) is 6.92 Å². The third-order valence-electron chi connectivity index (χ3n) is 1.61. The number of hydrogen-bond donors (Lipinski definition) is 1. The summed E-state index contributed by atoms with van der Waals surface area (Å²) in [6.45, 7) is 4.91. The second-order valence-electron chi connectivity index (χ2n) is 2.51. The lowest BCUT2D eigenvalue weighted by Gasteiger charge is -1.90. The first-order valence-corrected chi connectivity index (χ1v) is 4.74. The van der Waals surface area contributed by atoms with Crippen molar-refractivity contribution in [1.29, 1.82) is 0 Å². The maximum atomic E-state index is 5.46. The highest BCUT2D eigenvalue weighted by Crippen LogP contribution is 2.18. The Bertz CT molecular complexity index is 230.